The lowest BCUT2D eigenvalue weighted by Gasteiger charge is -2.39. The summed E-state index contributed by atoms with van der Waals surface area (Å²) in [5.41, 5.74) is 1.37. The number of fused-ring (bicyclic) bond motifs is 2. The maximum Gasteiger partial charge on any atom is 0.312 e. The van der Waals surface area contributed by atoms with Crippen molar-refractivity contribution in [3.05, 3.63) is 29.8 Å². The van der Waals surface area contributed by atoms with Gasteiger partial charge < -0.3 is 15.3 Å². The first kappa shape index (κ1) is 17.8. The lowest BCUT2D eigenvalue weighted by Crippen LogP contribution is -2.46. The molecule has 1 heterocycles. The van der Waals surface area contributed by atoms with Gasteiger partial charge in [-0.15, -0.1) is 0 Å². The smallest absolute Gasteiger partial charge is 0.312 e. The molecule has 1 aromatic carbocycles. The van der Waals surface area contributed by atoms with E-state index >= 15 is 0 Å². The Morgan fingerprint density at radius 2 is 1.88 bits per heavy atom. The second-order valence-corrected chi connectivity index (χ2v) is 8.82. The highest BCUT2D eigenvalue weighted by Crippen LogP contribution is 2.52. The number of amides is 2. The van der Waals surface area contributed by atoms with Crippen LogP contribution in [0.1, 0.15) is 45.6 Å². The first-order chi connectivity index (χ1) is 11.7. The van der Waals surface area contributed by atoms with Gasteiger partial charge in [-0.3, -0.25) is 9.59 Å². The van der Waals surface area contributed by atoms with Gasteiger partial charge in [0, 0.05) is 19.1 Å². The number of benzene rings is 1. The van der Waals surface area contributed by atoms with E-state index in [4.69, 9.17) is 0 Å². The van der Waals surface area contributed by atoms with E-state index in [-0.39, 0.29) is 22.6 Å². The van der Waals surface area contributed by atoms with Crippen molar-refractivity contribution in [1.82, 2.24) is 10.2 Å². The quantitative estimate of drug-likeness (QED) is 0.828. The maximum absolute atomic E-state index is 12.6. The Balaban J connectivity index is 1.54. The molecule has 5 heteroatoms. The Morgan fingerprint density at radius 3 is 2.56 bits per heavy atom. The van der Waals surface area contributed by atoms with Gasteiger partial charge in [0.15, 0.2) is 0 Å². The summed E-state index contributed by atoms with van der Waals surface area (Å²) in [6.45, 7) is 7.84. The van der Waals surface area contributed by atoms with Gasteiger partial charge in [-0.05, 0) is 54.2 Å². The highest BCUT2D eigenvalue weighted by molar-refractivity contribution is 6.35. The van der Waals surface area contributed by atoms with Crippen LogP contribution in [0, 0.1) is 10.8 Å². The second kappa shape index (κ2) is 6.36. The van der Waals surface area contributed by atoms with E-state index in [1.54, 1.807) is 17.0 Å². The van der Waals surface area contributed by atoms with Gasteiger partial charge in [-0.25, -0.2) is 0 Å². The summed E-state index contributed by atoms with van der Waals surface area (Å²) in [6, 6.07) is 7.06. The largest absolute Gasteiger partial charge is 0.508 e. The molecular formula is C20H28N2O3. The molecule has 1 aliphatic carbocycles. The summed E-state index contributed by atoms with van der Waals surface area (Å²) in [4.78, 5) is 26.7. The first-order valence-electron chi connectivity index (χ1n) is 9.04. The van der Waals surface area contributed by atoms with Crippen LogP contribution in [0.3, 0.4) is 0 Å². The number of hydrogen-bond acceptors (Lipinski definition) is 3. The predicted octanol–water partition coefficient (Wildman–Crippen LogP) is 2.48. The molecule has 1 saturated heterocycles. The number of carbonyl (C=O) groups excluding carboxylic acids is 2. The molecule has 1 aromatic rings. The molecule has 2 unspecified atom stereocenters. The van der Waals surface area contributed by atoms with E-state index in [9.17, 15) is 14.7 Å². The molecule has 136 valence electrons. The summed E-state index contributed by atoms with van der Waals surface area (Å²) in [5, 5.41) is 12.0. The summed E-state index contributed by atoms with van der Waals surface area (Å²) >= 11 is 0. The number of phenolic OH excluding ortho intramolecular Hbond substituents is 1. The molecule has 5 nitrogen and oxygen atoms in total. The van der Waals surface area contributed by atoms with E-state index < -0.39 is 11.8 Å². The molecule has 25 heavy (non-hydrogen) atoms. The van der Waals surface area contributed by atoms with Crippen molar-refractivity contribution in [3.63, 3.8) is 0 Å². The minimum Gasteiger partial charge on any atom is -0.508 e. The van der Waals surface area contributed by atoms with Crippen molar-refractivity contribution < 1.29 is 14.7 Å². The molecular weight excluding hydrogens is 316 g/mol. The first-order valence-corrected chi connectivity index (χ1v) is 9.04. The molecule has 2 atom stereocenters. The van der Waals surface area contributed by atoms with E-state index in [0.717, 1.165) is 24.8 Å². The topological polar surface area (TPSA) is 69.6 Å². The molecule has 1 saturated carbocycles. The monoisotopic (exact) mass is 344 g/mol. The zero-order chi connectivity index (χ0) is 18.2. The van der Waals surface area contributed by atoms with E-state index in [1.165, 1.54) is 0 Å². The zero-order valence-corrected chi connectivity index (χ0v) is 15.3. The van der Waals surface area contributed by atoms with E-state index in [1.807, 2.05) is 12.1 Å². The molecule has 2 aliphatic rings. The predicted molar refractivity (Wildman–Crippen MR) is 96.1 cm³/mol. The van der Waals surface area contributed by atoms with Crippen molar-refractivity contribution >= 4 is 11.8 Å². The van der Waals surface area contributed by atoms with Gasteiger partial charge in [0.1, 0.15) is 5.75 Å². The molecule has 2 N–H and O–H groups in total. The minimum absolute atomic E-state index is 0.133. The second-order valence-electron chi connectivity index (χ2n) is 8.82. The van der Waals surface area contributed by atoms with Gasteiger partial charge in [0.25, 0.3) is 0 Å². The average Bonchev–Trinajstić information content (AvgIpc) is 2.77. The van der Waals surface area contributed by atoms with Crippen LogP contribution in [0.25, 0.3) is 0 Å². The highest BCUT2D eigenvalue weighted by Gasteiger charge is 2.51. The molecule has 0 radical (unpaired) electrons. The van der Waals surface area contributed by atoms with Crippen molar-refractivity contribution in [2.24, 2.45) is 10.8 Å². The normalized spacial score (nSPS) is 27.2. The van der Waals surface area contributed by atoms with E-state index in [0.29, 0.717) is 19.5 Å². The number of carbonyl (C=O) groups is 2. The molecule has 2 fully saturated rings. The number of likely N-dealkylation sites (tertiary alicyclic amines) is 1. The van der Waals surface area contributed by atoms with Crippen LogP contribution in [0.5, 0.6) is 5.75 Å². The molecule has 3 rings (SSSR count). The summed E-state index contributed by atoms with van der Waals surface area (Å²) in [7, 11) is 0. The standard InChI is InChI=1S/C20H28N2O3/c1-19(2)10-15-11-20(3,12-19)13-22(15)18(25)17(24)21-9-8-14-4-6-16(23)7-5-14/h4-7,15,23H,8-13H2,1-3H3,(H,21,24). The minimum atomic E-state index is -0.507. The summed E-state index contributed by atoms with van der Waals surface area (Å²) in [5.74, 6) is -0.676. The van der Waals surface area contributed by atoms with Crippen molar-refractivity contribution in [1.29, 1.82) is 0 Å². The lowest BCUT2D eigenvalue weighted by molar-refractivity contribution is -0.146. The molecule has 0 spiro atoms. The fourth-order valence-electron chi connectivity index (χ4n) is 4.89. The average molecular weight is 344 g/mol. The Kier molecular flexibility index (Phi) is 4.52. The molecule has 1 aliphatic heterocycles. The van der Waals surface area contributed by atoms with Crippen LogP contribution < -0.4 is 5.32 Å². The van der Waals surface area contributed by atoms with Crippen LogP contribution in [0.4, 0.5) is 0 Å². The Labute approximate surface area is 149 Å². The Hall–Kier alpha value is -2.04. The van der Waals surface area contributed by atoms with Crippen LogP contribution in [0.2, 0.25) is 0 Å². The van der Waals surface area contributed by atoms with Crippen LogP contribution >= 0.6 is 0 Å². The summed E-state index contributed by atoms with van der Waals surface area (Å²) < 4.78 is 0. The van der Waals surface area contributed by atoms with Gasteiger partial charge >= 0.3 is 11.8 Å². The molecule has 2 amide bonds. The van der Waals surface area contributed by atoms with Crippen LogP contribution in [-0.4, -0.2) is 41.0 Å². The summed E-state index contributed by atoms with van der Waals surface area (Å²) in [6.07, 6.45) is 3.70. The molecule has 2 bridgehead atoms. The molecule has 0 aromatic heterocycles. The Morgan fingerprint density at radius 1 is 1.20 bits per heavy atom. The van der Waals surface area contributed by atoms with Gasteiger partial charge in [0.2, 0.25) is 0 Å². The number of rotatable bonds is 3. The number of nitrogens with one attached hydrogen (secondary N) is 1. The van der Waals surface area contributed by atoms with E-state index in [2.05, 4.69) is 26.1 Å². The third-order valence-corrected chi connectivity index (χ3v) is 5.51. The van der Waals surface area contributed by atoms with Crippen LogP contribution in [0.15, 0.2) is 24.3 Å². The SMILES string of the molecule is CC1(C)CC2CC(C)(CN2C(=O)C(=O)NCCc2ccc(O)cc2)C1. The number of hydrogen-bond donors (Lipinski definition) is 2. The van der Waals surface area contributed by atoms with Gasteiger partial charge in [-0.1, -0.05) is 32.9 Å². The van der Waals surface area contributed by atoms with Gasteiger partial charge in [0.05, 0.1) is 0 Å². The fourth-order valence-corrected chi connectivity index (χ4v) is 4.89. The van der Waals surface area contributed by atoms with Crippen molar-refractivity contribution in [2.75, 3.05) is 13.1 Å². The Bertz CT molecular complexity index is 668. The number of phenols is 1. The van der Waals surface area contributed by atoms with Crippen molar-refractivity contribution in [3.8, 4) is 5.75 Å². The number of aromatic hydroxyl groups is 1. The van der Waals surface area contributed by atoms with Crippen LogP contribution in [-0.2, 0) is 16.0 Å². The highest BCUT2D eigenvalue weighted by atomic mass is 16.3. The van der Waals surface area contributed by atoms with Crippen molar-refractivity contribution in [2.45, 2.75) is 52.5 Å². The fraction of sp³-hybridized carbons (Fsp3) is 0.600. The number of nitrogens with zero attached hydrogens (tertiary/aromatic N) is 1. The van der Waals surface area contributed by atoms with Gasteiger partial charge in [-0.2, -0.15) is 0 Å². The third kappa shape index (κ3) is 3.97. The lowest BCUT2D eigenvalue weighted by atomic mass is 9.65. The zero-order valence-electron chi connectivity index (χ0n) is 15.3. The third-order valence-electron chi connectivity index (χ3n) is 5.51. The maximum atomic E-state index is 12.6.